The fourth-order valence-corrected chi connectivity index (χ4v) is 15.0. The molecule has 0 aromatic heterocycles. The lowest BCUT2D eigenvalue weighted by molar-refractivity contribution is -0.383. The molecule has 8 rings (SSSR count). The van der Waals surface area contributed by atoms with Gasteiger partial charge >= 0.3 is 11.9 Å². The van der Waals surface area contributed by atoms with Crippen LogP contribution in [0.15, 0.2) is 11.6 Å². The molecule has 5 aliphatic carbocycles. The van der Waals surface area contributed by atoms with Crippen molar-refractivity contribution >= 4 is 11.9 Å². The zero-order valence-electron chi connectivity index (χ0n) is 39.7. The number of methoxy groups -OCH3 is 1. The van der Waals surface area contributed by atoms with Gasteiger partial charge in [0.05, 0.1) is 31.8 Å². The SMILES string of the molecule is COC(=O)[C@H]1O[C@@H](O[C@H]2CC[C@]3(C)[C@H]4CC=C5[C@@H]6CC(C)(C)CC[C@]6(C(=O)O)CC[C@@]5(C)[C@]4(C)CC[C@H]3C2(C)C)[C@H](O[C@@H]2O[C@H](CO)[C@@H](O)[C@H](O)[C@H]2O)[C@@H](O)[C@@H]1O[C@@H]1O[C@@H](CO)[C@H](O)[C@H]1O. The third-order valence-electron chi connectivity index (χ3n) is 19.2. The van der Waals surface area contributed by atoms with Crippen LogP contribution in [0.4, 0.5) is 0 Å². The van der Waals surface area contributed by atoms with Crippen LogP contribution >= 0.6 is 0 Å². The van der Waals surface area contributed by atoms with Gasteiger partial charge in [0.2, 0.25) is 0 Å². The molecular weight excluding hydrogens is 865 g/mol. The Morgan fingerprint density at radius 3 is 1.86 bits per heavy atom. The van der Waals surface area contributed by atoms with Crippen LogP contribution < -0.4 is 0 Å². The molecule has 0 amide bonds. The molecule has 0 bridgehead atoms. The molecule has 18 nitrogen and oxygen atoms in total. The molecular formula is C48H76O18. The summed E-state index contributed by atoms with van der Waals surface area (Å²) in [5, 5.41) is 96.2. The Labute approximate surface area is 386 Å². The summed E-state index contributed by atoms with van der Waals surface area (Å²) < 4.78 is 41.7. The molecule has 0 unspecified atom stereocenters. The lowest BCUT2D eigenvalue weighted by Gasteiger charge is -2.71. The van der Waals surface area contributed by atoms with Crippen LogP contribution in [0.2, 0.25) is 0 Å². The highest BCUT2D eigenvalue weighted by Gasteiger charge is 2.70. The summed E-state index contributed by atoms with van der Waals surface area (Å²) in [4.78, 5) is 26.7. The van der Waals surface area contributed by atoms with Crippen LogP contribution in [-0.4, -0.2) is 170 Å². The van der Waals surface area contributed by atoms with Gasteiger partial charge in [-0.3, -0.25) is 4.79 Å². The maximum absolute atomic E-state index is 13.5. The lowest BCUT2D eigenvalue weighted by atomic mass is 9.33. The van der Waals surface area contributed by atoms with E-state index in [1.54, 1.807) is 0 Å². The van der Waals surface area contributed by atoms with Crippen LogP contribution in [-0.2, 0) is 42.7 Å². The molecule has 0 spiro atoms. The number of carbonyl (C=O) groups excluding carboxylic acids is 1. The number of carboxylic acid groups (broad SMARTS) is 1. The number of aliphatic carboxylic acids is 1. The predicted octanol–water partition coefficient (Wildman–Crippen LogP) is 1.53. The van der Waals surface area contributed by atoms with Crippen LogP contribution in [0.3, 0.4) is 0 Å². The second-order valence-corrected chi connectivity index (χ2v) is 23.2. The number of hydrogen-bond donors (Lipinski definition) is 9. The van der Waals surface area contributed by atoms with Crippen molar-refractivity contribution in [2.75, 3.05) is 20.3 Å². The fourth-order valence-electron chi connectivity index (χ4n) is 15.0. The van der Waals surface area contributed by atoms with Gasteiger partial charge in [0.15, 0.2) is 25.0 Å². The third kappa shape index (κ3) is 7.74. The molecule has 22 atom stereocenters. The van der Waals surface area contributed by atoms with E-state index in [2.05, 4.69) is 54.5 Å². The molecule has 0 aromatic carbocycles. The van der Waals surface area contributed by atoms with Crippen LogP contribution in [0, 0.1) is 50.2 Å². The molecule has 8 aliphatic rings. The van der Waals surface area contributed by atoms with E-state index in [9.17, 15) is 55.5 Å². The number of carbonyl (C=O) groups is 2. The number of aliphatic hydroxyl groups is 8. The maximum atomic E-state index is 13.5. The van der Waals surface area contributed by atoms with Crippen molar-refractivity contribution in [1.82, 2.24) is 0 Å². The zero-order chi connectivity index (χ0) is 48.3. The van der Waals surface area contributed by atoms with Crippen LogP contribution in [0.25, 0.3) is 0 Å². The Bertz CT molecular complexity index is 1840. The largest absolute Gasteiger partial charge is 0.481 e. The minimum absolute atomic E-state index is 0.0102. The first-order valence-corrected chi connectivity index (χ1v) is 24.1. The monoisotopic (exact) mass is 941 g/mol. The topological polar surface area (TPSA) is 281 Å². The van der Waals surface area contributed by atoms with E-state index in [1.165, 1.54) is 5.57 Å². The average molecular weight is 941 g/mol. The second kappa shape index (κ2) is 17.8. The van der Waals surface area contributed by atoms with Crippen molar-refractivity contribution in [3.8, 4) is 0 Å². The van der Waals surface area contributed by atoms with Gasteiger partial charge in [-0.05, 0) is 109 Å². The van der Waals surface area contributed by atoms with Crippen molar-refractivity contribution in [1.29, 1.82) is 0 Å². The summed E-state index contributed by atoms with van der Waals surface area (Å²) in [6.07, 6.45) is -13.7. The van der Waals surface area contributed by atoms with Crippen LogP contribution in [0.1, 0.15) is 113 Å². The molecule has 4 saturated carbocycles. The van der Waals surface area contributed by atoms with E-state index < -0.39 is 128 Å². The summed E-state index contributed by atoms with van der Waals surface area (Å²) in [5.74, 6) is -1.27. The van der Waals surface area contributed by atoms with Crippen molar-refractivity contribution in [3.63, 3.8) is 0 Å². The Kier molecular flexibility index (Phi) is 13.6. The van der Waals surface area contributed by atoms with E-state index in [1.807, 2.05) is 0 Å². The highest BCUT2D eigenvalue weighted by atomic mass is 16.8. The number of esters is 1. The van der Waals surface area contributed by atoms with Crippen molar-refractivity contribution in [3.05, 3.63) is 11.6 Å². The summed E-state index contributed by atoms with van der Waals surface area (Å²) in [5.41, 5.74) is -0.346. The van der Waals surface area contributed by atoms with Gasteiger partial charge < -0.3 is 79.1 Å². The molecule has 66 heavy (non-hydrogen) atoms. The first-order chi connectivity index (χ1) is 30.9. The number of hydrogen-bond acceptors (Lipinski definition) is 17. The Morgan fingerprint density at radius 1 is 0.667 bits per heavy atom. The Morgan fingerprint density at radius 2 is 1.26 bits per heavy atom. The molecule has 18 heteroatoms. The van der Waals surface area contributed by atoms with E-state index in [0.717, 1.165) is 52.1 Å². The van der Waals surface area contributed by atoms with E-state index in [0.29, 0.717) is 19.3 Å². The number of ether oxygens (including phenoxy) is 7. The van der Waals surface area contributed by atoms with Gasteiger partial charge in [-0.1, -0.05) is 60.1 Å². The van der Waals surface area contributed by atoms with Gasteiger partial charge in [0.1, 0.15) is 61.0 Å². The molecule has 9 N–H and O–H groups in total. The van der Waals surface area contributed by atoms with E-state index in [4.69, 9.17) is 33.2 Å². The van der Waals surface area contributed by atoms with Gasteiger partial charge in [0.25, 0.3) is 0 Å². The minimum atomic E-state index is -1.90. The standard InChI is InChI=1S/C48H76O18/c1-43(2)15-17-48(42(58)59)18-16-46(6)22(23(48)19-43)9-10-27-45(5)13-12-28(44(3,4)26(45)11-14-47(27,46)7)63-41-36(65-40-33(55)31(53)29(51)24(20-49)61-40)34(56)35(37(66-41)38(57)60-8)64-39-32(54)30(52)25(21-50)62-39/h9,23-37,39-41,49-56H,10-21H2,1-8H3,(H,58,59)/t23-,24+,25-,26-,27+,28-,29+,30-,31-,32+,33+,34-,35-,36+,37-,39-,40-,41+,45-,46+,47+,48-/m0/s1. The number of aliphatic hydroxyl groups excluding tert-OH is 8. The fraction of sp³-hybridized carbons (Fsp3) is 0.917. The van der Waals surface area contributed by atoms with Crippen LogP contribution in [0.5, 0.6) is 0 Å². The Balaban J connectivity index is 1.09. The predicted molar refractivity (Wildman–Crippen MR) is 230 cm³/mol. The van der Waals surface area contributed by atoms with Crippen molar-refractivity contribution < 1.29 is 88.7 Å². The maximum Gasteiger partial charge on any atom is 0.337 e. The lowest BCUT2D eigenvalue weighted by Crippen LogP contribution is -2.68. The summed E-state index contributed by atoms with van der Waals surface area (Å²) >= 11 is 0. The Hall–Kier alpha value is -1.88. The number of fused-ring (bicyclic) bond motifs is 7. The van der Waals surface area contributed by atoms with Gasteiger partial charge in [-0.15, -0.1) is 0 Å². The van der Waals surface area contributed by atoms with Gasteiger partial charge in [0, 0.05) is 0 Å². The van der Waals surface area contributed by atoms with E-state index >= 15 is 0 Å². The van der Waals surface area contributed by atoms with E-state index in [-0.39, 0.29) is 39.4 Å². The van der Waals surface area contributed by atoms with Crippen molar-refractivity contribution in [2.24, 2.45) is 50.2 Å². The number of rotatable bonds is 10. The summed E-state index contributed by atoms with van der Waals surface area (Å²) in [6, 6.07) is 0. The molecule has 7 fully saturated rings. The molecule has 3 heterocycles. The first-order valence-electron chi connectivity index (χ1n) is 24.1. The summed E-state index contributed by atoms with van der Waals surface area (Å²) in [6.45, 7) is 14.7. The third-order valence-corrected chi connectivity index (χ3v) is 19.2. The molecule has 3 aliphatic heterocycles. The quantitative estimate of drug-likeness (QED) is 0.0853. The summed E-state index contributed by atoms with van der Waals surface area (Å²) in [7, 11) is 1.10. The molecule has 376 valence electrons. The molecule has 3 saturated heterocycles. The minimum Gasteiger partial charge on any atom is -0.481 e. The highest BCUT2D eigenvalue weighted by Crippen LogP contribution is 2.76. The number of carboxylic acids is 1. The molecule has 0 aromatic rings. The van der Waals surface area contributed by atoms with Gasteiger partial charge in [-0.25, -0.2) is 4.79 Å². The highest BCUT2D eigenvalue weighted by molar-refractivity contribution is 5.77. The van der Waals surface area contributed by atoms with Gasteiger partial charge in [-0.2, -0.15) is 0 Å². The first kappa shape index (κ1) is 50.5. The average Bonchev–Trinajstić information content (AvgIpc) is 3.53. The number of allylic oxidation sites excluding steroid dienone is 2. The smallest absolute Gasteiger partial charge is 0.337 e. The zero-order valence-corrected chi connectivity index (χ0v) is 39.7. The second-order valence-electron chi connectivity index (χ2n) is 23.2. The van der Waals surface area contributed by atoms with Crippen molar-refractivity contribution in [2.45, 2.75) is 205 Å². The molecule has 0 radical (unpaired) electrons. The normalized spacial score (nSPS) is 51.9.